The molecule has 0 saturated heterocycles. The van der Waals surface area contributed by atoms with Crippen LogP contribution in [0.1, 0.15) is 49.9 Å². The van der Waals surface area contributed by atoms with E-state index in [0.717, 1.165) is 46.2 Å². The quantitative estimate of drug-likeness (QED) is 0.186. The highest BCUT2D eigenvalue weighted by Crippen LogP contribution is 2.33. The van der Waals surface area contributed by atoms with Gasteiger partial charge >= 0.3 is 0 Å². The summed E-state index contributed by atoms with van der Waals surface area (Å²) in [7, 11) is 3.16. The summed E-state index contributed by atoms with van der Waals surface area (Å²) in [5, 5.41) is 9.30. The third-order valence-corrected chi connectivity index (χ3v) is 7.17. The smallest absolute Gasteiger partial charge is 0.131 e. The van der Waals surface area contributed by atoms with Crippen molar-refractivity contribution in [2.45, 2.75) is 53.0 Å². The molecule has 224 valence electrons. The average Bonchev–Trinajstić information content (AvgIpc) is 2.97. The minimum Gasteiger partial charge on any atom is -0.497 e. The van der Waals surface area contributed by atoms with Crippen molar-refractivity contribution >= 4 is 11.6 Å². The van der Waals surface area contributed by atoms with Gasteiger partial charge in [-0.05, 0) is 94.5 Å². The normalized spacial score (nSPS) is 11.0. The molecule has 0 fully saturated rings. The zero-order valence-electron chi connectivity index (χ0n) is 25.3. The largest absolute Gasteiger partial charge is 0.497 e. The number of aliphatic hydroxyl groups excluding tert-OH is 1. The number of halogens is 3. The Morgan fingerprint density at radius 3 is 1.43 bits per heavy atom. The van der Waals surface area contributed by atoms with Gasteiger partial charge in [-0.1, -0.05) is 64.1 Å². The van der Waals surface area contributed by atoms with E-state index in [4.69, 9.17) is 21.1 Å². The van der Waals surface area contributed by atoms with Gasteiger partial charge in [0, 0.05) is 17.0 Å². The van der Waals surface area contributed by atoms with Gasteiger partial charge in [-0.25, -0.2) is 8.78 Å². The van der Waals surface area contributed by atoms with Gasteiger partial charge in [-0.15, -0.1) is 11.6 Å². The molecule has 0 spiro atoms. The Morgan fingerprint density at radius 2 is 1.05 bits per heavy atom. The van der Waals surface area contributed by atoms with Gasteiger partial charge in [-0.2, -0.15) is 0 Å². The molecule has 42 heavy (non-hydrogen) atoms. The maximum Gasteiger partial charge on any atom is 0.131 e. The van der Waals surface area contributed by atoms with Gasteiger partial charge < -0.3 is 14.6 Å². The first-order valence-corrected chi connectivity index (χ1v) is 14.7. The van der Waals surface area contributed by atoms with Gasteiger partial charge in [-0.3, -0.25) is 0 Å². The Kier molecular flexibility index (Phi) is 12.4. The molecule has 3 nitrogen and oxygen atoms in total. The lowest BCUT2D eigenvalue weighted by molar-refractivity contribution is 0.281. The molecule has 0 radical (unpaired) electrons. The molecule has 4 rings (SSSR count). The number of alkyl halides is 1. The summed E-state index contributed by atoms with van der Waals surface area (Å²) in [5.41, 5.74) is 6.95. The van der Waals surface area contributed by atoms with Crippen LogP contribution >= 0.6 is 11.6 Å². The Labute approximate surface area is 254 Å². The van der Waals surface area contributed by atoms with E-state index in [-0.39, 0.29) is 18.2 Å². The van der Waals surface area contributed by atoms with Crippen LogP contribution in [0.5, 0.6) is 11.5 Å². The van der Waals surface area contributed by atoms with Crippen molar-refractivity contribution < 1.29 is 23.4 Å². The van der Waals surface area contributed by atoms with Gasteiger partial charge in [0.25, 0.3) is 0 Å². The molecule has 0 aliphatic rings. The van der Waals surface area contributed by atoms with Crippen molar-refractivity contribution in [1.82, 2.24) is 0 Å². The zero-order valence-corrected chi connectivity index (χ0v) is 26.1. The summed E-state index contributed by atoms with van der Waals surface area (Å²) in [5.74, 6) is 2.19. The first-order valence-electron chi connectivity index (χ1n) is 14.2. The monoisotopic (exact) mass is 594 g/mol. The second-order valence-corrected chi connectivity index (χ2v) is 11.4. The van der Waals surface area contributed by atoms with E-state index >= 15 is 0 Å². The van der Waals surface area contributed by atoms with Crippen molar-refractivity contribution in [3.05, 3.63) is 107 Å². The Balaban J connectivity index is 0.000000230. The molecule has 0 bridgehead atoms. The minimum absolute atomic E-state index is 0.00797. The van der Waals surface area contributed by atoms with Crippen molar-refractivity contribution in [1.29, 1.82) is 0 Å². The van der Waals surface area contributed by atoms with E-state index in [1.54, 1.807) is 38.5 Å². The molecule has 0 aliphatic heterocycles. The van der Waals surface area contributed by atoms with E-state index in [1.807, 2.05) is 30.3 Å². The van der Waals surface area contributed by atoms with Crippen LogP contribution in [0, 0.1) is 23.5 Å². The van der Waals surface area contributed by atoms with Crippen LogP contribution in [0.3, 0.4) is 0 Å². The molecule has 4 aromatic carbocycles. The predicted octanol–water partition coefficient (Wildman–Crippen LogP) is 9.63. The van der Waals surface area contributed by atoms with E-state index in [0.29, 0.717) is 40.3 Å². The van der Waals surface area contributed by atoms with Crippen LogP contribution in [0.4, 0.5) is 8.78 Å². The van der Waals surface area contributed by atoms with Crippen molar-refractivity contribution in [3.63, 3.8) is 0 Å². The van der Waals surface area contributed by atoms with Crippen molar-refractivity contribution in [2.24, 2.45) is 11.8 Å². The van der Waals surface area contributed by atoms with E-state index in [2.05, 4.69) is 33.8 Å². The molecule has 0 heterocycles. The number of rotatable bonds is 10. The number of hydrogen-bond donors (Lipinski definition) is 1. The number of ether oxygens (including phenoxy) is 2. The fraction of sp³-hybridized carbons (Fsp3) is 0.333. The minimum atomic E-state index is -0.266. The standard InChI is InChI=1S/C18H20ClFO.C18H21FO2/c1-12(2)8-14-9-13(11-19)4-6-16(14)17-10-15(21-3)5-7-18(17)20;1-12(2)8-14-9-13(11-20)4-6-16(14)17-10-15(21-3)5-7-18(17)19/h4-7,9-10,12H,8,11H2,1-3H3;4-7,9-10,12,20H,8,11H2,1-3H3. The Hall–Kier alpha value is -3.41. The molecule has 0 amide bonds. The molecule has 0 aliphatic carbocycles. The highest BCUT2D eigenvalue weighted by atomic mass is 35.5. The summed E-state index contributed by atoms with van der Waals surface area (Å²) in [6, 6.07) is 21.2. The summed E-state index contributed by atoms with van der Waals surface area (Å²) in [4.78, 5) is 0. The van der Waals surface area contributed by atoms with Crippen LogP contribution < -0.4 is 9.47 Å². The molecule has 0 atom stereocenters. The Morgan fingerprint density at radius 1 is 0.619 bits per heavy atom. The number of methoxy groups -OCH3 is 2. The molecule has 0 saturated carbocycles. The van der Waals surface area contributed by atoms with Crippen LogP contribution in [0.2, 0.25) is 0 Å². The first-order chi connectivity index (χ1) is 20.1. The van der Waals surface area contributed by atoms with Crippen LogP contribution in [0.15, 0.2) is 72.8 Å². The third kappa shape index (κ3) is 8.80. The fourth-order valence-electron chi connectivity index (χ4n) is 4.89. The first kappa shape index (κ1) is 33.1. The summed E-state index contributed by atoms with van der Waals surface area (Å²) in [6.45, 7) is 8.54. The van der Waals surface area contributed by atoms with Crippen LogP contribution in [0.25, 0.3) is 22.3 Å². The van der Waals surface area contributed by atoms with Crippen LogP contribution in [-0.4, -0.2) is 19.3 Å². The van der Waals surface area contributed by atoms with Crippen molar-refractivity contribution in [2.75, 3.05) is 14.2 Å². The fourth-order valence-corrected chi connectivity index (χ4v) is 5.06. The topological polar surface area (TPSA) is 38.7 Å². The molecular weight excluding hydrogens is 554 g/mol. The molecule has 1 N–H and O–H groups in total. The lowest BCUT2D eigenvalue weighted by Crippen LogP contribution is -2.00. The summed E-state index contributed by atoms with van der Waals surface area (Å²) in [6.07, 6.45) is 1.72. The molecule has 4 aromatic rings. The van der Waals surface area contributed by atoms with E-state index in [9.17, 15) is 13.9 Å². The van der Waals surface area contributed by atoms with Crippen LogP contribution in [-0.2, 0) is 25.3 Å². The van der Waals surface area contributed by atoms with Crippen molar-refractivity contribution in [3.8, 4) is 33.8 Å². The highest BCUT2D eigenvalue weighted by molar-refractivity contribution is 6.17. The predicted molar refractivity (Wildman–Crippen MR) is 169 cm³/mol. The molecular formula is C36H41ClF2O3. The number of hydrogen-bond acceptors (Lipinski definition) is 3. The third-order valence-electron chi connectivity index (χ3n) is 6.86. The lowest BCUT2D eigenvalue weighted by atomic mass is 9.92. The van der Waals surface area contributed by atoms with Gasteiger partial charge in [0.1, 0.15) is 23.1 Å². The van der Waals surface area contributed by atoms with E-state index in [1.165, 1.54) is 12.1 Å². The molecule has 6 heteroatoms. The SMILES string of the molecule is COc1ccc(F)c(-c2ccc(CCl)cc2CC(C)C)c1.COc1ccc(F)c(-c2ccc(CO)cc2CC(C)C)c1. The van der Waals surface area contributed by atoms with Gasteiger partial charge in [0.15, 0.2) is 0 Å². The zero-order chi connectivity index (χ0) is 30.8. The maximum absolute atomic E-state index is 14.2. The number of aliphatic hydroxyl groups is 1. The lowest BCUT2D eigenvalue weighted by Gasteiger charge is -2.15. The summed E-state index contributed by atoms with van der Waals surface area (Å²) < 4.78 is 38.8. The summed E-state index contributed by atoms with van der Waals surface area (Å²) >= 11 is 5.92. The van der Waals surface area contributed by atoms with Gasteiger partial charge in [0.05, 0.1) is 20.8 Å². The van der Waals surface area contributed by atoms with Gasteiger partial charge in [0.2, 0.25) is 0 Å². The van der Waals surface area contributed by atoms with E-state index < -0.39 is 0 Å². The number of benzene rings is 4. The molecule has 0 aromatic heterocycles. The average molecular weight is 595 g/mol. The second kappa shape index (κ2) is 15.7. The second-order valence-electron chi connectivity index (χ2n) is 11.2. The highest BCUT2D eigenvalue weighted by Gasteiger charge is 2.14. The molecule has 0 unspecified atom stereocenters. The maximum atomic E-state index is 14.2. The Bertz CT molecular complexity index is 1360.